The van der Waals surface area contributed by atoms with Gasteiger partial charge in [0.1, 0.15) is 0 Å². The minimum absolute atomic E-state index is 0.0304. The summed E-state index contributed by atoms with van der Waals surface area (Å²) in [6.45, 7) is 5.94. The van der Waals surface area contributed by atoms with Crippen molar-refractivity contribution in [1.82, 2.24) is 19.9 Å². The molecular weight excluding hydrogens is 414 g/mol. The topological polar surface area (TPSA) is 71.5 Å². The monoisotopic (exact) mass is 445 g/mol. The van der Waals surface area contributed by atoms with E-state index in [0.29, 0.717) is 31.3 Å². The number of anilines is 1. The van der Waals surface area contributed by atoms with Gasteiger partial charge in [0.2, 0.25) is 5.95 Å². The number of carbonyl (C=O) groups excluding carboxylic acids is 1. The van der Waals surface area contributed by atoms with Gasteiger partial charge in [0.15, 0.2) is 0 Å². The highest BCUT2D eigenvalue weighted by Crippen LogP contribution is 2.38. The lowest BCUT2D eigenvalue weighted by molar-refractivity contribution is 0.0733. The fourth-order valence-electron chi connectivity index (χ4n) is 4.26. The van der Waals surface area contributed by atoms with Gasteiger partial charge < -0.3 is 14.5 Å². The van der Waals surface area contributed by atoms with E-state index in [1.807, 2.05) is 80.5 Å². The summed E-state index contributed by atoms with van der Waals surface area (Å²) in [4.78, 5) is 31.1. The van der Waals surface area contributed by atoms with Crippen molar-refractivity contribution in [2.24, 2.45) is 0 Å². The van der Waals surface area contributed by atoms with E-state index in [4.69, 9.17) is 9.72 Å². The molecule has 1 fully saturated rings. The molecule has 33 heavy (non-hydrogen) atoms. The third-order valence-electron chi connectivity index (χ3n) is 6.02. The van der Waals surface area contributed by atoms with Crippen LogP contribution in [0.4, 0.5) is 5.95 Å². The van der Waals surface area contributed by atoms with Crippen LogP contribution < -0.4 is 4.90 Å². The number of rotatable bonds is 7. The first-order valence-corrected chi connectivity index (χ1v) is 11.4. The van der Waals surface area contributed by atoms with Gasteiger partial charge >= 0.3 is 0 Å². The number of ether oxygens (including phenoxy) is 1. The fraction of sp³-hybridized carbons (Fsp3) is 0.385. The predicted octanol–water partition coefficient (Wildman–Crippen LogP) is 4.43. The molecule has 1 saturated heterocycles. The Hall–Kier alpha value is -3.32. The molecule has 4 rings (SSSR count). The highest BCUT2D eigenvalue weighted by atomic mass is 16.5. The van der Waals surface area contributed by atoms with Gasteiger partial charge in [0.05, 0.1) is 18.3 Å². The average molecular weight is 446 g/mol. The number of likely N-dealkylation sites (tertiary alicyclic amines) is 1. The molecule has 0 spiro atoms. The first-order valence-electron chi connectivity index (χ1n) is 11.4. The number of pyridine rings is 1. The van der Waals surface area contributed by atoms with Crippen molar-refractivity contribution in [3.63, 3.8) is 0 Å². The average Bonchev–Trinajstić information content (AvgIpc) is 3.32. The molecule has 1 aromatic carbocycles. The predicted molar refractivity (Wildman–Crippen MR) is 129 cm³/mol. The molecule has 0 radical (unpaired) electrons. The van der Waals surface area contributed by atoms with E-state index in [-0.39, 0.29) is 11.9 Å². The maximum absolute atomic E-state index is 13.5. The molecule has 0 N–H and O–H groups in total. The standard InChI is InChI=1S/C26H31N5O2/c1-5-33-17-19-8-10-20(11-9-19)25(32)31-14-6-7-23(31)24-22(16-28-26(29-24)30(3)4)21-12-13-27-15-18(21)2/h8-13,15-16,23H,5-7,14,17H2,1-4H3/t23-/m1/s1. The van der Waals surface area contributed by atoms with Crippen LogP contribution in [0, 0.1) is 6.92 Å². The van der Waals surface area contributed by atoms with Crippen molar-refractivity contribution in [2.45, 2.75) is 39.3 Å². The van der Waals surface area contributed by atoms with Crippen molar-refractivity contribution in [2.75, 3.05) is 32.1 Å². The van der Waals surface area contributed by atoms with E-state index in [1.54, 1.807) is 6.20 Å². The first-order chi connectivity index (χ1) is 16.0. The Morgan fingerprint density at radius 3 is 2.64 bits per heavy atom. The number of benzene rings is 1. The highest BCUT2D eigenvalue weighted by molar-refractivity contribution is 5.95. The molecule has 3 heterocycles. The minimum Gasteiger partial charge on any atom is -0.377 e. The number of carbonyl (C=O) groups is 1. The molecule has 3 aromatic rings. The first kappa shape index (κ1) is 22.9. The Bertz CT molecular complexity index is 1110. The van der Waals surface area contributed by atoms with E-state index < -0.39 is 0 Å². The van der Waals surface area contributed by atoms with Crippen LogP contribution >= 0.6 is 0 Å². The summed E-state index contributed by atoms with van der Waals surface area (Å²) in [5.74, 6) is 0.669. The molecule has 7 heteroatoms. The smallest absolute Gasteiger partial charge is 0.254 e. The number of hydrogen-bond donors (Lipinski definition) is 0. The van der Waals surface area contributed by atoms with Crippen molar-refractivity contribution in [3.05, 3.63) is 71.3 Å². The van der Waals surface area contributed by atoms with E-state index in [1.165, 1.54) is 0 Å². The fourth-order valence-corrected chi connectivity index (χ4v) is 4.26. The Labute approximate surface area is 195 Å². The zero-order valence-corrected chi connectivity index (χ0v) is 19.8. The van der Waals surface area contributed by atoms with E-state index in [0.717, 1.165) is 40.8 Å². The zero-order valence-electron chi connectivity index (χ0n) is 19.8. The third kappa shape index (κ3) is 4.88. The molecule has 1 aliphatic rings. The molecule has 2 aromatic heterocycles. The quantitative estimate of drug-likeness (QED) is 0.536. The molecule has 172 valence electrons. The molecular formula is C26H31N5O2. The van der Waals surface area contributed by atoms with Crippen molar-refractivity contribution in [3.8, 4) is 11.1 Å². The Morgan fingerprint density at radius 1 is 1.15 bits per heavy atom. The van der Waals surface area contributed by atoms with Gasteiger partial charge in [0.25, 0.3) is 5.91 Å². The summed E-state index contributed by atoms with van der Waals surface area (Å²) < 4.78 is 5.47. The van der Waals surface area contributed by atoms with Gasteiger partial charge in [-0.05, 0) is 61.6 Å². The maximum Gasteiger partial charge on any atom is 0.254 e. The van der Waals surface area contributed by atoms with Crippen LogP contribution in [-0.2, 0) is 11.3 Å². The normalized spacial score (nSPS) is 15.6. The van der Waals surface area contributed by atoms with E-state index in [9.17, 15) is 4.79 Å². The van der Waals surface area contributed by atoms with Gasteiger partial charge in [-0.1, -0.05) is 12.1 Å². The van der Waals surface area contributed by atoms with Crippen LogP contribution in [0.5, 0.6) is 0 Å². The molecule has 0 saturated carbocycles. The molecule has 1 atom stereocenters. The highest BCUT2D eigenvalue weighted by Gasteiger charge is 2.34. The van der Waals surface area contributed by atoms with Crippen LogP contribution in [0.2, 0.25) is 0 Å². The lowest BCUT2D eigenvalue weighted by Crippen LogP contribution is -2.31. The number of aromatic nitrogens is 3. The molecule has 0 bridgehead atoms. The van der Waals surface area contributed by atoms with Gasteiger partial charge in [0, 0.05) is 57.0 Å². The molecule has 1 aliphatic heterocycles. The summed E-state index contributed by atoms with van der Waals surface area (Å²) in [7, 11) is 3.86. The lowest BCUT2D eigenvalue weighted by Gasteiger charge is -2.27. The summed E-state index contributed by atoms with van der Waals surface area (Å²) in [6, 6.07) is 9.61. The summed E-state index contributed by atoms with van der Waals surface area (Å²) in [6.07, 6.45) is 7.32. The van der Waals surface area contributed by atoms with Gasteiger partial charge in [-0.15, -0.1) is 0 Å². The van der Waals surface area contributed by atoms with Crippen LogP contribution in [0.25, 0.3) is 11.1 Å². The summed E-state index contributed by atoms with van der Waals surface area (Å²) in [5.41, 5.74) is 5.70. The molecule has 0 aliphatic carbocycles. The molecule has 1 amide bonds. The van der Waals surface area contributed by atoms with Gasteiger partial charge in [-0.2, -0.15) is 0 Å². The van der Waals surface area contributed by atoms with E-state index in [2.05, 4.69) is 9.97 Å². The Kier molecular flexibility index (Phi) is 6.99. The van der Waals surface area contributed by atoms with Crippen molar-refractivity contribution in [1.29, 1.82) is 0 Å². The largest absolute Gasteiger partial charge is 0.377 e. The number of nitrogens with zero attached hydrogens (tertiary/aromatic N) is 5. The second-order valence-corrected chi connectivity index (χ2v) is 8.54. The number of aryl methyl sites for hydroxylation is 1. The van der Waals surface area contributed by atoms with Crippen LogP contribution in [0.3, 0.4) is 0 Å². The van der Waals surface area contributed by atoms with E-state index >= 15 is 0 Å². The maximum atomic E-state index is 13.5. The van der Waals surface area contributed by atoms with Crippen molar-refractivity contribution >= 4 is 11.9 Å². The van der Waals surface area contributed by atoms with Crippen molar-refractivity contribution < 1.29 is 9.53 Å². The van der Waals surface area contributed by atoms with Crippen LogP contribution in [0.15, 0.2) is 48.9 Å². The molecule has 7 nitrogen and oxygen atoms in total. The SMILES string of the molecule is CCOCc1ccc(C(=O)N2CCC[C@@H]2c2nc(N(C)C)ncc2-c2ccncc2C)cc1. The zero-order chi connectivity index (χ0) is 23.4. The number of hydrogen-bond acceptors (Lipinski definition) is 6. The second kappa shape index (κ2) is 10.1. The second-order valence-electron chi connectivity index (χ2n) is 8.54. The number of amides is 1. The summed E-state index contributed by atoms with van der Waals surface area (Å²) >= 11 is 0. The van der Waals surface area contributed by atoms with Gasteiger partial charge in [-0.3, -0.25) is 9.78 Å². The third-order valence-corrected chi connectivity index (χ3v) is 6.02. The van der Waals surface area contributed by atoms with Crippen LogP contribution in [-0.4, -0.2) is 53.0 Å². The van der Waals surface area contributed by atoms with Crippen LogP contribution in [0.1, 0.15) is 53.0 Å². The Morgan fingerprint density at radius 2 is 1.94 bits per heavy atom. The summed E-state index contributed by atoms with van der Waals surface area (Å²) in [5, 5.41) is 0. The van der Waals surface area contributed by atoms with Gasteiger partial charge in [-0.25, -0.2) is 9.97 Å². The molecule has 0 unspecified atom stereocenters. The minimum atomic E-state index is -0.107. The Balaban J connectivity index is 1.69. The lowest BCUT2D eigenvalue weighted by atomic mass is 9.97.